The predicted octanol–water partition coefficient (Wildman–Crippen LogP) is 7.37. The summed E-state index contributed by atoms with van der Waals surface area (Å²) in [6.07, 6.45) is 16.2. The lowest BCUT2D eigenvalue weighted by molar-refractivity contribution is -0.234. The molecular weight excluding hydrogens is 638 g/mol. The fourth-order valence-electron chi connectivity index (χ4n) is 11.7. The number of aliphatic hydroxyl groups is 2. The number of rotatable bonds is 18. The Kier molecular flexibility index (Phi) is 15.3. The van der Waals surface area contributed by atoms with E-state index < -0.39 is 12.2 Å². The monoisotopic (exact) mass is 714 g/mol. The zero-order valence-corrected chi connectivity index (χ0v) is 33.5. The maximum atomic E-state index is 14.2. The van der Waals surface area contributed by atoms with Crippen molar-refractivity contribution in [1.29, 1.82) is 0 Å². The molecule has 0 aromatic rings. The molecule has 0 aromatic heterocycles. The van der Waals surface area contributed by atoms with Gasteiger partial charge in [-0.15, -0.1) is 0 Å². The van der Waals surface area contributed by atoms with Gasteiger partial charge in [-0.1, -0.05) is 65.0 Å². The van der Waals surface area contributed by atoms with Gasteiger partial charge in [0.2, 0.25) is 5.91 Å². The normalized spacial score (nSPS) is 36.8. The van der Waals surface area contributed by atoms with E-state index >= 15 is 0 Å². The minimum absolute atomic E-state index is 0.0441. The average molecular weight is 714 g/mol. The van der Waals surface area contributed by atoms with Gasteiger partial charge in [0.25, 0.3) is 0 Å². The number of fused-ring (bicyclic) bond motifs is 5. The Morgan fingerprint density at radius 1 is 0.882 bits per heavy atom. The Morgan fingerprint density at radius 2 is 1.53 bits per heavy atom. The van der Waals surface area contributed by atoms with Crippen molar-refractivity contribution in [2.75, 3.05) is 26.2 Å². The average Bonchev–Trinajstić information content (AvgIpc) is 3.34. The molecule has 0 bridgehead atoms. The van der Waals surface area contributed by atoms with E-state index in [1.54, 1.807) is 0 Å². The van der Waals surface area contributed by atoms with Gasteiger partial charge in [0.05, 0.1) is 12.2 Å². The predicted molar refractivity (Wildman–Crippen MR) is 207 cm³/mol. The quantitative estimate of drug-likeness (QED) is 0.0434. The SMILES string of the molecule is CC(=O)O[C@H]1C[C@@]2(C)C(C[C@@H](O)C3[C@@]4(C)CC[C@@H](O)[C@@H](C)C4CC[C@@]32C)C1=C(CCC=C(C)C)C(=O)NCCCCCCNCCCCCCN. The zero-order valence-electron chi connectivity index (χ0n) is 33.5. The minimum atomic E-state index is -0.526. The van der Waals surface area contributed by atoms with Crippen LogP contribution in [0.5, 0.6) is 0 Å². The molecule has 1 amide bonds. The summed E-state index contributed by atoms with van der Waals surface area (Å²) in [6, 6.07) is 0. The van der Waals surface area contributed by atoms with Crippen LogP contribution >= 0.6 is 0 Å². The smallest absolute Gasteiger partial charge is 0.303 e. The summed E-state index contributed by atoms with van der Waals surface area (Å²) in [5, 5.41) is 29.9. The number of unbranched alkanes of at least 4 members (excludes halogenated alkanes) is 6. The van der Waals surface area contributed by atoms with Crippen molar-refractivity contribution in [3.63, 3.8) is 0 Å². The van der Waals surface area contributed by atoms with Crippen LogP contribution in [0.15, 0.2) is 22.8 Å². The van der Waals surface area contributed by atoms with Gasteiger partial charge in [0.1, 0.15) is 6.10 Å². The van der Waals surface area contributed by atoms with Crippen LogP contribution in [0.2, 0.25) is 0 Å². The van der Waals surface area contributed by atoms with Crippen molar-refractivity contribution in [1.82, 2.24) is 10.6 Å². The van der Waals surface area contributed by atoms with Gasteiger partial charge < -0.3 is 31.3 Å². The molecule has 4 aliphatic rings. The molecule has 0 aliphatic heterocycles. The van der Waals surface area contributed by atoms with E-state index in [-0.39, 0.29) is 52.0 Å². The van der Waals surface area contributed by atoms with E-state index in [0.717, 1.165) is 95.0 Å². The van der Waals surface area contributed by atoms with E-state index in [2.05, 4.69) is 58.3 Å². The highest BCUT2D eigenvalue weighted by molar-refractivity contribution is 5.94. The highest BCUT2D eigenvalue weighted by atomic mass is 16.5. The Morgan fingerprint density at radius 3 is 2.16 bits per heavy atom. The molecule has 0 spiro atoms. The Bertz CT molecular complexity index is 1230. The number of hydrogen-bond donors (Lipinski definition) is 5. The summed E-state index contributed by atoms with van der Waals surface area (Å²) in [6.45, 7) is 18.5. The molecular formula is C43H75N3O5. The fourth-order valence-corrected chi connectivity index (χ4v) is 11.7. The van der Waals surface area contributed by atoms with Gasteiger partial charge >= 0.3 is 5.97 Å². The topological polar surface area (TPSA) is 134 Å². The van der Waals surface area contributed by atoms with Crippen molar-refractivity contribution in [3.05, 3.63) is 22.8 Å². The Balaban J connectivity index is 1.51. The third-order valence-electron chi connectivity index (χ3n) is 14.5. The number of nitrogens with one attached hydrogen (secondary N) is 2. The first kappa shape index (κ1) is 42.0. The first-order valence-corrected chi connectivity index (χ1v) is 20.8. The fraction of sp³-hybridized carbons (Fsp3) is 0.860. The molecule has 4 fully saturated rings. The Hall–Kier alpha value is -1.74. The molecule has 8 nitrogen and oxygen atoms in total. The standard InChI is InChI=1S/C43H75N3O5/c1-29(2)17-16-18-32(40(50)46-26-15-11-10-14-25-45-24-13-9-8-12-23-44)38-34-27-36(49)39-41(5)21-20-35(48)30(3)33(41)19-22-42(39,6)43(34,7)28-37(38)51-31(4)47/h17,30,33-37,39,45,48-49H,8-16,18-28,44H2,1-7H3,(H,46,50)/t30-,33?,34?,35+,36+,37-,39?,41-,42-,43-/m0/s1. The summed E-state index contributed by atoms with van der Waals surface area (Å²) < 4.78 is 6.17. The van der Waals surface area contributed by atoms with Crippen LogP contribution in [0.1, 0.15) is 151 Å². The number of ether oxygens (including phenoxy) is 1. The number of aliphatic hydroxyl groups excluding tert-OH is 2. The zero-order chi connectivity index (χ0) is 37.4. The van der Waals surface area contributed by atoms with E-state index in [0.29, 0.717) is 31.7 Å². The van der Waals surface area contributed by atoms with Crippen LogP contribution < -0.4 is 16.4 Å². The molecule has 0 saturated heterocycles. The van der Waals surface area contributed by atoms with Crippen molar-refractivity contribution >= 4 is 11.9 Å². The maximum Gasteiger partial charge on any atom is 0.303 e. The van der Waals surface area contributed by atoms with E-state index in [1.165, 1.54) is 31.8 Å². The van der Waals surface area contributed by atoms with Crippen LogP contribution in [0, 0.1) is 39.9 Å². The highest BCUT2D eigenvalue weighted by Gasteiger charge is 2.70. The minimum Gasteiger partial charge on any atom is -0.458 e. The van der Waals surface area contributed by atoms with Crippen LogP contribution in [0.3, 0.4) is 0 Å². The summed E-state index contributed by atoms with van der Waals surface area (Å²) in [5.41, 5.74) is 7.98. The molecule has 0 heterocycles. The van der Waals surface area contributed by atoms with Gasteiger partial charge in [-0.05, 0) is 156 Å². The first-order chi connectivity index (χ1) is 24.2. The molecule has 292 valence electrons. The van der Waals surface area contributed by atoms with Crippen molar-refractivity contribution < 1.29 is 24.5 Å². The van der Waals surface area contributed by atoms with Crippen molar-refractivity contribution in [2.45, 2.75) is 170 Å². The largest absolute Gasteiger partial charge is 0.458 e. The van der Waals surface area contributed by atoms with Crippen molar-refractivity contribution in [2.24, 2.45) is 45.7 Å². The summed E-state index contributed by atoms with van der Waals surface area (Å²) >= 11 is 0. The summed E-state index contributed by atoms with van der Waals surface area (Å²) in [4.78, 5) is 26.9. The summed E-state index contributed by atoms with van der Waals surface area (Å²) in [7, 11) is 0. The molecule has 8 heteroatoms. The molecule has 3 unspecified atom stereocenters. The molecule has 6 N–H and O–H groups in total. The van der Waals surface area contributed by atoms with E-state index in [1.807, 2.05) is 0 Å². The van der Waals surface area contributed by atoms with Crippen molar-refractivity contribution in [3.8, 4) is 0 Å². The third-order valence-corrected chi connectivity index (χ3v) is 14.5. The summed E-state index contributed by atoms with van der Waals surface area (Å²) in [5.74, 6) is 0.244. The number of hydrogen-bond acceptors (Lipinski definition) is 7. The second-order valence-electron chi connectivity index (χ2n) is 18.0. The number of esters is 1. The van der Waals surface area contributed by atoms with Gasteiger partial charge in [-0.25, -0.2) is 0 Å². The lowest BCUT2D eigenvalue weighted by atomic mass is 9.36. The molecule has 4 rings (SSSR count). The number of carbonyl (C=O) groups is 2. The lowest BCUT2D eigenvalue weighted by Gasteiger charge is -2.69. The van der Waals surface area contributed by atoms with Gasteiger partial charge in [-0.3, -0.25) is 9.59 Å². The van der Waals surface area contributed by atoms with Gasteiger partial charge in [0.15, 0.2) is 0 Å². The third kappa shape index (κ3) is 9.32. The van der Waals surface area contributed by atoms with Crippen LogP contribution in [-0.2, 0) is 14.3 Å². The molecule has 0 aromatic carbocycles. The Labute approximate surface area is 310 Å². The second-order valence-corrected chi connectivity index (χ2v) is 18.0. The number of allylic oxidation sites excluding steroid dienone is 2. The van der Waals surface area contributed by atoms with Gasteiger partial charge in [0, 0.05) is 19.0 Å². The number of nitrogens with two attached hydrogens (primary N) is 1. The molecule has 51 heavy (non-hydrogen) atoms. The van der Waals surface area contributed by atoms with E-state index in [4.69, 9.17) is 10.5 Å². The molecule has 10 atom stereocenters. The lowest BCUT2D eigenvalue weighted by Crippen LogP contribution is -2.65. The van der Waals surface area contributed by atoms with Crippen LogP contribution in [0.25, 0.3) is 0 Å². The van der Waals surface area contributed by atoms with Crippen LogP contribution in [-0.4, -0.2) is 66.6 Å². The number of carbonyl (C=O) groups excluding carboxylic acids is 2. The maximum absolute atomic E-state index is 14.2. The van der Waals surface area contributed by atoms with Gasteiger partial charge in [-0.2, -0.15) is 0 Å². The molecule has 4 aliphatic carbocycles. The molecule has 4 saturated carbocycles. The molecule has 0 radical (unpaired) electrons. The van der Waals surface area contributed by atoms with Crippen LogP contribution in [0.4, 0.5) is 0 Å². The number of amides is 1. The second kappa shape index (κ2) is 18.5. The first-order valence-electron chi connectivity index (χ1n) is 20.8. The van der Waals surface area contributed by atoms with E-state index in [9.17, 15) is 19.8 Å². The highest BCUT2D eigenvalue weighted by Crippen LogP contribution is 2.74.